The van der Waals surface area contributed by atoms with Crippen LogP contribution in [0.2, 0.25) is 0 Å². The van der Waals surface area contributed by atoms with E-state index >= 15 is 0 Å². The van der Waals surface area contributed by atoms with Crippen LogP contribution in [-0.4, -0.2) is 22.9 Å². The van der Waals surface area contributed by atoms with Gasteiger partial charge in [0.05, 0.1) is 36.3 Å². The van der Waals surface area contributed by atoms with Crippen molar-refractivity contribution in [2.45, 2.75) is 20.4 Å². The van der Waals surface area contributed by atoms with E-state index in [1.807, 2.05) is 30.7 Å². The summed E-state index contributed by atoms with van der Waals surface area (Å²) in [6.07, 6.45) is 0. The van der Waals surface area contributed by atoms with Gasteiger partial charge in [-0.1, -0.05) is 12.1 Å². The third kappa shape index (κ3) is 2.59. The number of methoxy groups -OCH3 is 1. The van der Waals surface area contributed by atoms with Crippen LogP contribution in [0.4, 0.5) is 5.69 Å². The highest BCUT2D eigenvalue weighted by Gasteiger charge is 2.09. The summed E-state index contributed by atoms with van der Waals surface area (Å²) in [5, 5.41) is 4.38. The Balaban J connectivity index is 2.20. The quantitative estimate of drug-likeness (QED) is 0.855. The van der Waals surface area contributed by atoms with Crippen molar-refractivity contribution in [2.24, 2.45) is 0 Å². The van der Waals surface area contributed by atoms with Crippen molar-refractivity contribution in [3.8, 4) is 0 Å². The number of hydrogen-bond donors (Lipinski definition) is 1. The van der Waals surface area contributed by atoms with Crippen LogP contribution >= 0.6 is 0 Å². The first-order valence-corrected chi connectivity index (χ1v) is 5.99. The maximum absolute atomic E-state index is 11.3. The number of carbonyl (C=O) groups is 1. The van der Waals surface area contributed by atoms with Crippen LogP contribution in [0.5, 0.6) is 0 Å². The summed E-state index contributed by atoms with van der Waals surface area (Å²) in [7, 11) is 1.37. The van der Waals surface area contributed by atoms with E-state index < -0.39 is 0 Å². The van der Waals surface area contributed by atoms with Crippen molar-refractivity contribution in [1.29, 1.82) is 0 Å². The van der Waals surface area contributed by atoms with Crippen LogP contribution in [0, 0.1) is 13.8 Å². The largest absolute Gasteiger partial charge is 0.465 e. The number of nitrogen functional groups attached to an aromatic ring is 1. The van der Waals surface area contributed by atoms with Gasteiger partial charge in [0.2, 0.25) is 0 Å². The molecule has 2 aromatic rings. The number of anilines is 1. The summed E-state index contributed by atoms with van der Waals surface area (Å²) in [6.45, 7) is 4.46. The fraction of sp³-hybridized carbons (Fsp3) is 0.286. The molecular formula is C14H17N3O2. The van der Waals surface area contributed by atoms with Gasteiger partial charge in [-0.05, 0) is 31.5 Å². The number of nitrogens with two attached hydrogens (primary N) is 1. The molecule has 2 N–H and O–H groups in total. The Bertz CT molecular complexity index is 600. The Kier molecular flexibility index (Phi) is 3.55. The molecule has 0 aliphatic heterocycles. The maximum atomic E-state index is 11.3. The fourth-order valence-electron chi connectivity index (χ4n) is 1.90. The summed E-state index contributed by atoms with van der Waals surface area (Å²) >= 11 is 0. The molecule has 0 aliphatic carbocycles. The minimum absolute atomic E-state index is 0.332. The van der Waals surface area contributed by atoms with Crippen LogP contribution in [0.25, 0.3) is 0 Å². The summed E-state index contributed by atoms with van der Waals surface area (Å²) < 4.78 is 6.52. The molecule has 19 heavy (non-hydrogen) atoms. The van der Waals surface area contributed by atoms with Crippen LogP contribution in [0.3, 0.4) is 0 Å². The second kappa shape index (κ2) is 5.14. The Hall–Kier alpha value is -2.30. The number of rotatable bonds is 3. The Morgan fingerprint density at radius 3 is 2.42 bits per heavy atom. The molecule has 1 aromatic carbocycles. The molecule has 1 heterocycles. The summed E-state index contributed by atoms with van der Waals surface area (Å²) in [5.74, 6) is -0.332. The van der Waals surface area contributed by atoms with E-state index in [1.165, 1.54) is 7.11 Å². The number of hydrogen-bond acceptors (Lipinski definition) is 4. The highest BCUT2D eigenvalue weighted by Crippen LogP contribution is 2.16. The molecule has 5 nitrogen and oxygen atoms in total. The lowest BCUT2D eigenvalue weighted by molar-refractivity contribution is 0.0600. The number of aryl methyl sites for hydroxylation is 1. The summed E-state index contributed by atoms with van der Waals surface area (Å²) in [6, 6.07) is 7.27. The van der Waals surface area contributed by atoms with E-state index in [4.69, 9.17) is 5.73 Å². The normalized spacial score (nSPS) is 10.5. The number of nitrogens with zero attached hydrogens (tertiary/aromatic N) is 2. The van der Waals surface area contributed by atoms with E-state index in [0.29, 0.717) is 12.1 Å². The van der Waals surface area contributed by atoms with Crippen LogP contribution < -0.4 is 5.73 Å². The summed E-state index contributed by atoms with van der Waals surface area (Å²) in [4.78, 5) is 11.3. The van der Waals surface area contributed by atoms with Gasteiger partial charge in [0.15, 0.2) is 0 Å². The van der Waals surface area contributed by atoms with Gasteiger partial charge in [0.25, 0.3) is 0 Å². The molecule has 0 amide bonds. The summed E-state index contributed by atoms with van der Waals surface area (Å²) in [5.41, 5.74) is 10.0. The van der Waals surface area contributed by atoms with Crippen LogP contribution in [0.15, 0.2) is 24.3 Å². The minimum atomic E-state index is -0.332. The van der Waals surface area contributed by atoms with Gasteiger partial charge in [-0.25, -0.2) is 4.79 Å². The first-order valence-electron chi connectivity index (χ1n) is 5.99. The minimum Gasteiger partial charge on any atom is -0.465 e. The predicted molar refractivity (Wildman–Crippen MR) is 73.0 cm³/mol. The molecule has 0 unspecified atom stereocenters. The zero-order valence-electron chi connectivity index (χ0n) is 11.3. The van der Waals surface area contributed by atoms with Crippen molar-refractivity contribution in [3.05, 3.63) is 46.8 Å². The molecule has 0 atom stereocenters. The molecule has 0 fully saturated rings. The highest BCUT2D eigenvalue weighted by molar-refractivity contribution is 5.89. The molecule has 1 aromatic heterocycles. The maximum Gasteiger partial charge on any atom is 0.337 e. The zero-order chi connectivity index (χ0) is 14.0. The van der Waals surface area contributed by atoms with Gasteiger partial charge < -0.3 is 10.5 Å². The SMILES string of the molecule is COC(=O)c1ccc(Cn2nc(C)c(N)c2C)cc1. The molecule has 0 bridgehead atoms. The standard InChI is InChI=1S/C14H17N3O2/c1-9-13(15)10(2)17(16-9)8-11-4-6-12(7-5-11)14(18)19-3/h4-7H,8,15H2,1-3H3. The topological polar surface area (TPSA) is 70.1 Å². The van der Waals surface area contributed by atoms with Crippen LogP contribution in [-0.2, 0) is 11.3 Å². The number of ether oxygens (including phenoxy) is 1. The second-order valence-corrected chi connectivity index (χ2v) is 4.43. The van der Waals surface area contributed by atoms with E-state index in [2.05, 4.69) is 9.84 Å². The molecule has 2 rings (SSSR count). The van der Waals surface area contributed by atoms with Crippen molar-refractivity contribution in [1.82, 2.24) is 9.78 Å². The van der Waals surface area contributed by atoms with E-state index in [1.54, 1.807) is 12.1 Å². The van der Waals surface area contributed by atoms with Gasteiger partial charge >= 0.3 is 5.97 Å². The third-order valence-electron chi connectivity index (χ3n) is 3.14. The molecule has 0 aliphatic rings. The Morgan fingerprint density at radius 1 is 1.32 bits per heavy atom. The lowest BCUT2D eigenvalue weighted by Gasteiger charge is -2.06. The monoisotopic (exact) mass is 259 g/mol. The van der Waals surface area contributed by atoms with Gasteiger partial charge in [-0.15, -0.1) is 0 Å². The van der Waals surface area contributed by atoms with Gasteiger partial charge in [0, 0.05) is 0 Å². The molecular weight excluding hydrogens is 242 g/mol. The lowest BCUT2D eigenvalue weighted by atomic mass is 10.1. The number of esters is 1. The molecule has 0 saturated heterocycles. The zero-order valence-corrected chi connectivity index (χ0v) is 11.3. The first-order chi connectivity index (χ1) is 9.02. The van der Waals surface area contributed by atoms with E-state index in [-0.39, 0.29) is 5.97 Å². The smallest absolute Gasteiger partial charge is 0.337 e. The van der Waals surface area contributed by atoms with Crippen molar-refractivity contribution >= 4 is 11.7 Å². The van der Waals surface area contributed by atoms with Crippen LogP contribution in [0.1, 0.15) is 27.3 Å². The fourth-order valence-corrected chi connectivity index (χ4v) is 1.90. The molecule has 0 radical (unpaired) electrons. The Morgan fingerprint density at radius 2 is 1.95 bits per heavy atom. The van der Waals surface area contributed by atoms with Crippen molar-refractivity contribution < 1.29 is 9.53 Å². The average molecular weight is 259 g/mol. The van der Waals surface area contributed by atoms with Gasteiger partial charge in [0.1, 0.15) is 0 Å². The molecule has 100 valence electrons. The van der Waals surface area contributed by atoms with Gasteiger partial charge in [-0.3, -0.25) is 4.68 Å². The predicted octanol–water partition coefficient (Wildman–Crippen LogP) is 1.92. The first kappa shape index (κ1) is 13.1. The van der Waals surface area contributed by atoms with E-state index in [9.17, 15) is 4.79 Å². The molecule has 0 saturated carbocycles. The number of benzene rings is 1. The second-order valence-electron chi connectivity index (χ2n) is 4.43. The highest BCUT2D eigenvalue weighted by atomic mass is 16.5. The lowest BCUT2D eigenvalue weighted by Crippen LogP contribution is -2.05. The van der Waals surface area contributed by atoms with Crippen molar-refractivity contribution in [2.75, 3.05) is 12.8 Å². The molecule has 5 heteroatoms. The molecule has 0 spiro atoms. The van der Waals surface area contributed by atoms with Crippen molar-refractivity contribution in [3.63, 3.8) is 0 Å². The third-order valence-corrected chi connectivity index (χ3v) is 3.14. The number of aromatic nitrogens is 2. The Labute approximate surface area is 112 Å². The van der Waals surface area contributed by atoms with Gasteiger partial charge in [-0.2, -0.15) is 5.10 Å². The number of carbonyl (C=O) groups excluding carboxylic acids is 1. The van der Waals surface area contributed by atoms with E-state index in [0.717, 1.165) is 22.6 Å². The average Bonchev–Trinajstić information content (AvgIpc) is 2.66.